The number of nitrogens with two attached hydrogens (primary N) is 1. The van der Waals surface area contributed by atoms with Crippen molar-refractivity contribution in [3.05, 3.63) is 54.1 Å². The van der Waals surface area contributed by atoms with Gasteiger partial charge in [0, 0.05) is 24.7 Å². The molecule has 0 radical (unpaired) electrons. The minimum atomic E-state index is -1.19. The lowest BCUT2D eigenvalue weighted by molar-refractivity contribution is -0.142. The molecule has 2 aromatic rings. The first-order valence-electron chi connectivity index (χ1n) is 8.47. The Hall–Kier alpha value is -3.20. The van der Waals surface area contributed by atoms with Crippen LogP contribution in [0.5, 0.6) is 0 Å². The number of rotatable bonds is 9. The fourth-order valence-corrected chi connectivity index (χ4v) is 2.45. The van der Waals surface area contributed by atoms with Crippen molar-refractivity contribution in [2.45, 2.75) is 37.9 Å². The van der Waals surface area contributed by atoms with E-state index in [2.05, 4.69) is 20.6 Å². The predicted octanol–water partition coefficient (Wildman–Crippen LogP) is -0.404. The normalized spacial score (nSPS) is 14.0. The molecule has 9 heteroatoms. The van der Waals surface area contributed by atoms with Crippen LogP contribution >= 0.6 is 0 Å². The van der Waals surface area contributed by atoms with E-state index < -0.39 is 35.9 Å². The molecule has 0 spiro atoms. The first-order valence-corrected chi connectivity index (χ1v) is 8.47. The molecule has 0 aliphatic carbocycles. The topological polar surface area (TPSA) is 150 Å². The molecule has 2 amide bonds. The molecule has 0 aliphatic heterocycles. The number of benzene rings is 1. The number of H-pyrrole nitrogens is 1. The highest BCUT2D eigenvalue weighted by atomic mass is 16.4. The summed E-state index contributed by atoms with van der Waals surface area (Å²) in [4.78, 5) is 42.8. The zero-order chi connectivity index (χ0) is 19.8. The third-order valence-corrected chi connectivity index (χ3v) is 3.92. The number of nitrogens with zero attached hydrogens (tertiary/aromatic N) is 1. The van der Waals surface area contributed by atoms with Crippen LogP contribution in [-0.4, -0.2) is 51.0 Å². The van der Waals surface area contributed by atoms with E-state index in [4.69, 9.17) is 5.73 Å². The van der Waals surface area contributed by atoms with E-state index in [0.29, 0.717) is 5.69 Å². The number of nitrogens with one attached hydrogen (secondary N) is 3. The van der Waals surface area contributed by atoms with E-state index in [1.807, 2.05) is 30.3 Å². The van der Waals surface area contributed by atoms with Crippen molar-refractivity contribution in [2.24, 2.45) is 5.73 Å². The van der Waals surface area contributed by atoms with Gasteiger partial charge in [0.25, 0.3) is 0 Å². The summed E-state index contributed by atoms with van der Waals surface area (Å²) in [6.45, 7) is 1.51. The standard InChI is InChI=1S/C18H23N5O4/c1-11(19)16(24)22-14(7-12-5-3-2-4-6-12)17(25)23-15(18(26)27)8-13-9-20-10-21-13/h2-6,9-11,14-15H,7-8,19H2,1H3,(H,20,21)(H,22,24)(H,23,25)(H,26,27)/t11-,14-,15-/m0/s1. The van der Waals surface area contributed by atoms with Crippen molar-refractivity contribution in [1.29, 1.82) is 0 Å². The average molecular weight is 373 g/mol. The Morgan fingerprint density at radius 1 is 1.11 bits per heavy atom. The summed E-state index contributed by atoms with van der Waals surface area (Å²) < 4.78 is 0. The zero-order valence-electron chi connectivity index (χ0n) is 14.9. The molecule has 0 bridgehead atoms. The Labute approximate surface area is 156 Å². The molecule has 3 atom stereocenters. The van der Waals surface area contributed by atoms with Crippen LogP contribution < -0.4 is 16.4 Å². The summed E-state index contributed by atoms with van der Waals surface area (Å²) in [7, 11) is 0. The third-order valence-electron chi connectivity index (χ3n) is 3.92. The minimum Gasteiger partial charge on any atom is -0.480 e. The SMILES string of the molecule is C[C@H](N)C(=O)N[C@@H](Cc1ccccc1)C(=O)N[C@@H](Cc1cnc[nH]1)C(=O)O. The number of carboxylic acids is 1. The minimum absolute atomic E-state index is 0.0420. The quantitative estimate of drug-likeness (QED) is 0.403. The van der Waals surface area contributed by atoms with Gasteiger partial charge in [-0.15, -0.1) is 0 Å². The van der Waals surface area contributed by atoms with Gasteiger partial charge < -0.3 is 26.5 Å². The summed E-state index contributed by atoms with van der Waals surface area (Å²) in [6, 6.07) is 6.19. The Kier molecular flexibility index (Phi) is 7.07. The second-order valence-electron chi connectivity index (χ2n) is 6.22. The van der Waals surface area contributed by atoms with Crippen molar-refractivity contribution in [1.82, 2.24) is 20.6 Å². The maximum absolute atomic E-state index is 12.7. The van der Waals surface area contributed by atoms with Gasteiger partial charge in [0.1, 0.15) is 12.1 Å². The van der Waals surface area contributed by atoms with Crippen LogP contribution in [0.3, 0.4) is 0 Å². The zero-order valence-corrected chi connectivity index (χ0v) is 14.9. The van der Waals surface area contributed by atoms with Crippen LogP contribution in [0.25, 0.3) is 0 Å². The maximum atomic E-state index is 12.7. The van der Waals surface area contributed by atoms with Gasteiger partial charge >= 0.3 is 5.97 Å². The number of carbonyl (C=O) groups is 3. The van der Waals surface area contributed by atoms with Gasteiger partial charge in [-0.25, -0.2) is 9.78 Å². The fraction of sp³-hybridized carbons (Fsp3) is 0.333. The van der Waals surface area contributed by atoms with Crippen molar-refractivity contribution in [2.75, 3.05) is 0 Å². The van der Waals surface area contributed by atoms with Crippen LogP contribution in [0.1, 0.15) is 18.2 Å². The largest absolute Gasteiger partial charge is 0.480 e. The molecule has 0 aliphatic rings. The van der Waals surface area contributed by atoms with E-state index in [1.165, 1.54) is 19.4 Å². The Morgan fingerprint density at radius 2 is 1.78 bits per heavy atom. The number of aromatic nitrogens is 2. The Morgan fingerprint density at radius 3 is 2.33 bits per heavy atom. The van der Waals surface area contributed by atoms with E-state index >= 15 is 0 Å². The molecule has 0 saturated heterocycles. The van der Waals surface area contributed by atoms with Crippen LogP contribution in [-0.2, 0) is 27.2 Å². The van der Waals surface area contributed by atoms with E-state index in [1.54, 1.807) is 0 Å². The molecule has 1 heterocycles. The van der Waals surface area contributed by atoms with Crippen molar-refractivity contribution < 1.29 is 19.5 Å². The highest BCUT2D eigenvalue weighted by Crippen LogP contribution is 2.06. The van der Waals surface area contributed by atoms with E-state index in [9.17, 15) is 19.5 Å². The molecule has 6 N–H and O–H groups in total. The smallest absolute Gasteiger partial charge is 0.326 e. The van der Waals surface area contributed by atoms with Gasteiger partial charge in [0.05, 0.1) is 12.4 Å². The number of amides is 2. The second-order valence-corrected chi connectivity index (χ2v) is 6.22. The molecule has 0 unspecified atom stereocenters. The first kappa shape index (κ1) is 20.1. The van der Waals surface area contributed by atoms with Crippen LogP contribution in [0.2, 0.25) is 0 Å². The number of aromatic amines is 1. The Balaban J connectivity index is 2.12. The van der Waals surface area contributed by atoms with Crippen LogP contribution in [0.15, 0.2) is 42.9 Å². The molecule has 0 saturated carbocycles. The number of aliphatic carboxylic acids is 1. The second kappa shape index (κ2) is 9.48. The number of hydrogen-bond donors (Lipinski definition) is 5. The molecule has 0 fully saturated rings. The molecule has 1 aromatic heterocycles. The number of hydrogen-bond acceptors (Lipinski definition) is 5. The molecular formula is C18H23N5O4. The monoisotopic (exact) mass is 373 g/mol. The lowest BCUT2D eigenvalue weighted by atomic mass is 10.0. The number of imidazole rings is 1. The highest BCUT2D eigenvalue weighted by molar-refractivity contribution is 5.91. The lowest BCUT2D eigenvalue weighted by Gasteiger charge is -2.22. The van der Waals surface area contributed by atoms with E-state index in [-0.39, 0.29) is 12.8 Å². The molecule has 144 valence electrons. The average Bonchev–Trinajstić information content (AvgIpc) is 3.14. The third kappa shape index (κ3) is 6.23. The maximum Gasteiger partial charge on any atom is 0.326 e. The Bertz CT molecular complexity index is 761. The first-order chi connectivity index (χ1) is 12.9. The van der Waals surface area contributed by atoms with Crippen molar-refractivity contribution in [3.8, 4) is 0 Å². The summed E-state index contributed by atoms with van der Waals surface area (Å²) in [5.74, 6) is -2.28. The predicted molar refractivity (Wildman–Crippen MR) is 97.6 cm³/mol. The van der Waals surface area contributed by atoms with Gasteiger partial charge in [-0.2, -0.15) is 0 Å². The van der Waals surface area contributed by atoms with E-state index in [0.717, 1.165) is 5.56 Å². The molecule has 2 rings (SSSR count). The summed E-state index contributed by atoms with van der Waals surface area (Å²) in [6.07, 6.45) is 3.17. The molecule has 1 aromatic carbocycles. The number of carboxylic acid groups (broad SMARTS) is 1. The van der Waals surface area contributed by atoms with Gasteiger partial charge in [0.2, 0.25) is 11.8 Å². The van der Waals surface area contributed by atoms with Crippen molar-refractivity contribution >= 4 is 17.8 Å². The van der Waals surface area contributed by atoms with Gasteiger partial charge in [-0.05, 0) is 12.5 Å². The summed E-state index contributed by atoms with van der Waals surface area (Å²) >= 11 is 0. The van der Waals surface area contributed by atoms with Gasteiger partial charge in [0.15, 0.2) is 0 Å². The summed E-state index contributed by atoms with van der Waals surface area (Å²) in [5, 5.41) is 14.5. The number of carbonyl (C=O) groups excluding carboxylic acids is 2. The molecule has 27 heavy (non-hydrogen) atoms. The lowest BCUT2D eigenvalue weighted by Crippen LogP contribution is -2.55. The van der Waals surface area contributed by atoms with Gasteiger partial charge in [-0.3, -0.25) is 9.59 Å². The van der Waals surface area contributed by atoms with Crippen LogP contribution in [0.4, 0.5) is 0 Å². The molecule has 9 nitrogen and oxygen atoms in total. The summed E-state index contributed by atoms with van der Waals surface area (Å²) in [5.41, 5.74) is 6.96. The highest BCUT2D eigenvalue weighted by Gasteiger charge is 2.27. The fourth-order valence-electron chi connectivity index (χ4n) is 2.45. The van der Waals surface area contributed by atoms with Gasteiger partial charge in [-0.1, -0.05) is 30.3 Å². The van der Waals surface area contributed by atoms with Crippen molar-refractivity contribution in [3.63, 3.8) is 0 Å². The molecular weight excluding hydrogens is 350 g/mol. The van der Waals surface area contributed by atoms with Crippen LogP contribution in [0, 0.1) is 0 Å².